The average Bonchev–Trinajstić information content (AvgIpc) is 0.741. The summed E-state index contributed by atoms with van der Waals surface area (Å²) in [5.74, 6) is 0. The van der Waals surface area contributed by atoms with Crippen molar-refractivity contribution in [3.05, 3.63) is 443 Å². The van der Waals surface area contributed by atoms with Gasteiger partial charge >= 0.3 is 0 Å². The Morgan fingerprint density at radius 2 is 0.557 bits per heavy atom. The maximum absolute atomic E-state index is 6.17. The molecule has 22 aromatic rings. The number of hydrogen-bond acceptors (Lipinski definition) is 7. The van der Waals surface area contributed by atoms with E-state index in [1.165, 1.54) is 87.6 Å². The van der Waals surface area contributed by atoms with E-state index >= 15 is 0 Å². The van der Waals surface area contributed by atoms with Crippen molar-refractivity contribution in [2.24, 2.45) is 0 Å². The van der Waals surface area contributed by atoms with Crippen LogP contribution in [-0.2, 0) is 0 Å². The van der Waals surface area contributed by atoms with Crippen molar-refractivity contribution in [3.63, 3.8) is 0 Å². The second kappa shape index (κ2) is 34.7. The van der Waals surface area contributed by atoms with E-state index in [1.807, 2.05) is 98.1 Å². The van der Waals surface area contributed by atoms with Crippen LogP contribution in [0.4, 0.5) is 0 Å². The molecule has 1 atom stereocenters. The highest BCUT2D eigenvalue weighted by atomic mass is 31.0. The smallest absolute Gasteiger partial charge is 0.0974 e. The second-order valence-corrected chi connectivity index (χ2v) is 30.5. The lowest BCUT2D eigenvalue weighted by Gasteiger charge is -2.19. The van der Waals surface area contributed by atoms with Crippen molar-refractivity contribution in [1.82, 2.24) is 34.9 Å². The van der Waals surface area contributed by atoms with Crippen molar-refractivity contribution in [1.29, 1.82) is 0 Å². The SMILES string of the molecule is Cc1cc(-c2ccccc2)c2ccc3c(-c4ccccc4)cc(C)nc3c2n1.[2H]CP.c1ccc2cc(-c3c4ccccc4c(-c4ccc5ccccc5c4)c4cc(-c5ccc(-c6cnc7ccccc7c6)nc5)ccc34)ccc2c1.c1cncc(-c2cccc(-c3cc(-c4cccc(-c5cccnc5)c4)cc(-c4cccc(-c5cccnc5)c4)c3)c2)c1. The van der Waals surface area contributed by atoms with Crippen LogP contribution >= 0.6 is 9.24 Å². The molecule has 0 saturated carbocycles. The molecule has 0 bridgehead atoms. The molecule has 7 aromatic heterocycles. The van der Waals surface area contributed by atoms with Gasteiger partial charge in [0.05, 0.1) is 22.2 Å². The van der Waals surface area contributed by atoms with E-state index in [1.54, 1.807) is 0 Å². The summed E-state index contributed by atoms with van der Waals surface area (Å²) in [6, 6.07) is 136. The minimum absolute atomic E-state index is 0.417. The van der Waals surface area contributed by atoms with Crippen molar-refractivity contribution in [2.75, 3.05) is 6.64 Å². The predicted molar refractivity (Wildman–Crippen MR) is 517 cm³/mol. The Hall–Kier alpha value is -15.4. The molecule has 7 heterocycles. The van der Waals surface area contributed by atoms with Gasteiger partial charge in [-0.05, 0) is 260 Å². The molecule has 15 aromatic carbocycles. The van der Waals surface area contributed by atoms with Crippen LogP contribution in [0, 0.1) is 13.8 Å². The first-order chi connectivity index (χ1) is 60.7. The van der Waals surface area contributed by atoms with Crippen molar-refractivity contribution in [3.8, 4) is 134 Å². The van der Waals surface area contributed by atoms with E-state index in [2.05, 4.69) is 377 Å². The molecule has 578 valence electrons. The van der Waals surface area contributed by atoms with Crippen LogP contribution < -0.4 is 0 Å². The molecule has 0 aliphatic heterocycles. The highest BCUT2D eigenvalue weighted by molar-refractivity contribution is 7.15. The highest BCUT2D eigenvalue weighted by Gasteiger charge is 2.21. The lowest BCUT2D eigenvalue weighted by atomic mass is 9.84. The summed E-state index contributed by atoms with van der Waals surface area (Å²) in [6.07, 6.45) is 15.1. The summed E-state index contributed by atoms with van der Waals surface area (Å²) in [6.45, 7) is 4.53. The van der Waals surface area contributed by atoms with Crippen LogP contribution in [0.1, 0.15) is 12.8 Å². The van der Waals surface area contributed by atoms with Crippen molar-refractivity contribution < 1.29 is 1.37 Å². The normalized spacial score (nSPS) is 11.2. The van der Waals surface area contributed by atoms with Crippen LogP contribution in [-0.4, -0.2) is 41.5 Å². The number of aryl methyl sites for hydroxylation is 2. The molecular formula is C114H82N7P. The van der Waals surface area contributed by atoms with Gasteiger partial charge in [-0.3, -0.25) is 34.9 Å². The number of para-hydroxylation sites is 1. The molecule has 0 N–H and O–H groups in total. The van der Waals surface area contributed by atoms with Gasteiger partial charge in [-0.15, -0.1) is 9.24 Å². The van der Waals surface area contributed by atoms with Gasteiger partial charge in [0.1, 0.15) is 0 Å². The topological polar surface area (TPSA) is 90.2 Å². The predicted octanol–water partition coefficient (Wildman–Crippen LogP) is 30.0. The Bertz CT molecular complexity index is 7280. The maximum Gasteiger partial charge on any atom is 0.0974 e. The zero-order valence-corrected chi connectivity index (χ0v) is 68.6. The van der Waals surface area contributed by atoms with E-state index < -0.39 is 0 Å². The average molecular weight is 1580 g/mol. The fourth-order valence-corrected chi connectivity index (χ4v) is 16.9. The number of pyridine rings is 7. The third-order valence-electron chi connectivity index (χ3n) is 22.8. The van der Waals surface area contributed by atoms with Crippen LogP contribution in [0.3, 0.4) is 0 Å². The molecule has 1 unspecified atom stereocenters. The highest BCUT2D eigenvalue weighted by Crippen LogP contribution is 2.47. The Balaban J connectivity index is 0.000000124. The lowest BCUT2D eigenvalue weighted by Crippen LogP contribution is -1.94. The number of hydrogen-bond donors (Lipinski definition) is 0. The zero-order chi connectivity index (χ0) is 83.0. The molecule has 122 heavy (non-hydrogen) atoms. The summed E-state index contributed by atoms with van der Waals surface area (Å²) in [5, 5.41) is 13.3. The Kier molecular flexibility index (Phi) is 21.4. The van der Waals surface area contributed by atoms with Gasteiger partial charge in [0, 0.05) is 106 Å². The molecule has 0 amide bonds. The number of aromatic nitrogens is 7. The van der Waals surface area contributed by atoms with Gasteiger partial charge in [0.2, 0.25) is 0 Å². The van der Waals surface area contributed by atoms with E-state index in [0.717, 1.165) is 133 Å². The first-order valence-electron chi connectivity index (χ1n) is 41.7. The number of benzene rings is 15. The third kappa shape index (κ3) is 15.9. The number of rotatable bonds is 12. The first kappa shape index (κ1) is 75.4. The molecule has 0 aliphatic rings. The van der Waals surface area contributed by atoms with E-state index in [9.17, 15) is 0 Å². The zero-order valence-electron chi connectivity index (χ0n) is 68.4. The standard InChI is InChI=1S/C48H30N2.C39H27N3.C26H20N2.CH5P/c1-3-11-33-25-37(19-17-31(33)9-1)47-41-14-6-7-15-42(41)48(38-20-18-32-10-2-4-12-34(32)26-38)44-28-35(21-23-43(44)47)39-22-24-46(49-29-39)40-27-36-13-5-8-16-45(36)50-30-40;1-7-28(34-13-4-16-40-25-34)19-31(10-1)37-22-38(32-11-2-8-29(20-32)35-14-5-17-41-26-35)24-39(23-37)33-12-3-9-30(21-33)36-15-6-18-42-27-36;1-17-15-23(19-9-5-3-6-10-19)21-13-14-22-24(20-11-7-4-8-12-20)16-18(2)28-26(22)25(21)27-17;1-2/h1-30H;1-27H;3-16H,1-2H3;2H2,1H3/i;;;1D. The summed E-state index contributed by atoms with van der Waals surface area (Å²) >= 11 is 0. The molecule has 22 rings (SSSR count). The van der Waals surface area contributed by atoms with Crippen molar-refractivity contribution in [2.45, 2.75) is 13.8 Å². The monoisotopic (exact) mass is 1580 g/mol. The van der Waals surface area contributed by atoms with Gasteiger partial charge in [-0.2, -0.15) is 0 Å². The third-order valence-corrected chi connectivity index (χ3v) is 22.8. The largest absolute Gasteiger partial charge is 0.264 e. The Morgan fingerprint density at radius 1 is 0.221 bits per heavy atom. The quantitative estimate of drug-likeness (QED) is 0.0684. The minimum Gasteiger partial charge on any atom is -0.264 e. The van der Waals surface area contributed by atoms with Gasteiger partial charge < -0.3 is 0 Å². The molecule has 0 saturated heterocycles. The summed E-state index contributed by atoms with van der Waals surface area (Å²) < 4.78 is 6.17. The summed E-state index contributed by atoms with van der Waals surface area (Å²) in [4.78, 5) is 32.4. The Morgan fingerprint density at radius 3 is 1.01 bits per heavy atom. The van der Waals surface area contributed by atoms with E-state index in [0.29, 0.717) is 6.64 Å². The van der Waals surface area contributed by atoms with Crippen LogP contribution in [0.5, 0.6) is 0 Å². The van der Waals surface area contributed by atoms with E-state index in [4.69, 9.17) is 16.3 Å². The fraction of sp³-hybridized carbons (Fsp3) is 0.0263. The molecule has 0 aliphatic carbocycles. The van der Waals surface area contributed by atoms with Gasteiger partial charge in [0.25, 0.3) is 0 Å². The summed E-state index contributed by atoms with van der Waals surface area (Å²) in [7, 11) is 2.25. The van der Waals surface area contributed by atoms with Crippen molar-refractivity contribution >= 4 is 85.0 Å². The van der Waals surface area contributed by atoms with Crippen LogP contribution in [0.15, 0.2) is 432 Å². The molecule has 8 heteroatoms. The molecule has 7 nitrogen and oxygen atoms in total. The minimum atomic E-state index is 0.417. The molecule has 0 fully saturated rings. The fourth-order valence-electron chi connectivity index (χ4n) is 16.9. The van der Waals surface area contributed by atoms with Gasteiger partial charge in [-0.1, -0.05) is 286 Å². The lowest BCUT2D eigenvalue weighted by molar-refractivity contribution is 1.23. The second-order valence-electron chi connectivity index (χ2n) is 30.5. The Labute approximate surface area is 713 Å². The molecular weight excluding hydrogens is 1500 g/mol. The van der Waals surface area contributed by atoms with E-state index in [-0.39, 0.29) is 0 Å². The molecule has 0 radical (unpaired) electrons. The number of fused-ring (bicyclic) bond motifs is 8. The van der Waals surface area contributed by atoms with Crippen LogP contribution in [0.25, 0.3) is 209 Å². The van der Waals surface area contributed by atoms with Crippen LogP contribution in [0.2, 0.25) is 0 Å². The van der Waals surface area contributed by atoms with Gasteiger partial charge in [-0.25, -0.2) is 0 Å². The number of nitrogens with zero attached hydrogens (tertiary/aromatic N) is 7. The first-order valence-corrected chi connectivity index (χ1v) is 41.8. The maximum atomic E-state index is 6.17. The van der Waals surface area contributed by atoms with Gasteiger partial charge in [0.15, 0.2) is 0 Å². The molecule has 0 spiro atoms. The summed E-state index contributed by atoms with van der Waals surface area (Å²) in [5.41, 5.74) is 32.5.